The van der Waals surface area contributed by atoms with Crippen molar-refractivity contribution in [2.45, 2.75) is 46.1 Å². The van der Waals surface area contributed by atoms with Crippen molar-refractivity contribution in [3.8, 4) is 0 Å². The van der Waals surface area contributed by atoms with Crippen LogP contribution in [0.25, 0.3) is 0 Å². The first kappa shape index (κ1) is 11.9. The molecule has 3 nitrogen and oxygen atoms in total. The minimum atomic E-state index is -0.0542. The van der Waals surface area contributed by atoms with Crippen molar-refractivity contribution in [1.82, 2.24) is 10.2 Å². The Morgan fingerprint density at radius 3 is 2.62 bits per heavy atom. The van der Waals surface area contributed by atoms with E-state index in [-0.39, 0.29) is 5.41 Å². The zero-order chi connectivity index (χ0) is 11.8. The Morgan fingerprint density at radius 2 is 2.06 bits per heavy atom. The maximum atomic E-state index is 12.0. The van der Waals surface area contributed by atoms with Crippen LogP contribution in [-0.2, 0) is 4.79 Å². The van der Waals surface area contributed by atoms with E-state index in [1.54, 1.807) is 0 Å². The normalized spacial score (nSPS) is 33.4. The molecule has 0 aromatic rings. The lowest BCUT2D eigenvalue weighted by atomic mass is 9.77. The number of carbonyl (C=O) groups is 1. The fourth-order valence-corrected chi connectivity index (χ4v) is 3.04. The second kappa shape index (κ2) is 4.36. The summed E-state index contributed by atoms with van der Waals surface area (Å²) < 4.78 is 0. The quantitative estimate of drug-likeness (QED) is 0.773. The van der Waals surface area contributed by atoms with Crippen LogP contribution in [-0.4, -0.2) is 36.5 Å². The molecule has 2 atom stereocenters. The molecule has 1 spiro atoms. The fourth-order valence-electron chi connectivity index (χ4n) is 3.04. The van der Waals surface area contributed by atoms with Crippen molar-refractivity contribution in [3.05, 3.63) is 0 Å². The van der Waals surface area contributed by atoms with Gasteiger partial charge in [-0.25, -0.2) is 0 Å². The number of carbonyl (C=O) groups excluding carboxylic acids is 1. The number of amides is 1. The van der Waals surface area contributed by atoms with Crippen LogP contribution < -0.4 is 5.32 Å². The maximum Gasteiger partial charge on any atom is 0.227 e. The van der Waals surface area contributed by atoms with Gasteiger partial charge in [-0.3, -0.25) is 9.69 Å². The summed E-state index contributed by atoms with van der Waals surface area (Å²) in [6.45, 7) is 9.83. The summed E-state index contributed by atoms with van der Waals surface area (Å²) in [7, 11) is 0. The Labute approximate surface area is 98.6 Å². The molecule has 2 heterocycles. The van der Waals surface area contributed by atoms with Gasteiger partial charge in [-0.15, -0.1) is 0 Å². The average molecular weight is 224 g/mol. The van der Waals surface area contributed by atoms with Crippen LogP contribution in [0.4, 0.5) is 0 Å². The van der Waals surface area contributed by atoms with E-state index in [9.17, 15) is 4.79 Å². The van der Waals surface area contributed by atoms with Crippen LogP contribution in [0.1, 0.15) is 40.0 Å². The molecule has 92 valence electrons. The maximum absolute atomic E-state index is 12.0. The molecular formula is C13H24N2O. The minimum absolute atomic E-state index is 0.0542. The first-order valence-corrected chi connectivity index (χ1v) is 6.57. The standard InChI is InChI=1S/C13H24N2O/c1-10(2)11(3)15-8-4-5-13(9-15)6-7-14-12(13)16/h10-11H,4-9H2,1-3H3,(H,14,16). The topological polar surface area (TPSA) is 32.3 Å². The molecule has 2 unspecified atom stereocenters. The first-order valence-electron chi connectivity index (χ1n) is 6.57. The Balaban J connectivity index is 2.06. The molecule has 2 aliphatic heterocycles. The lowest BCUT2D eigenvalue weighted by molar-refractivity contribution is -0.131. The van der Waals surface area contributed by atoms with E-state index < -0.39 is 0 Å². The molecule has 2 aliphatic rings. The molecule has 2 fully saturated rings. The third-order valence-electron chi connectivity index (χ3n) is 4.52. The third kappa shape index (κ3) is 1.97. The van der Waals surface area contributed by atoms with Crippen molar-refractivity contribution >= 4 is 5.91 Å². The van der Waals surface area contributed by atoms with E-state index in [2.05, 4.69) is 31.0 Å². The van der Waals surface area contributed by atoms with Crippen molar-refractivity contribution in [3.63, 3.8) is 0 Å². The fraction of sp³-hybridized carbons (Fsp3) is 0.923. The number of hydrogen-bond acceptors (Lipinski definition) is 2. The summed E-state index contributed by atoms with van der Waals surface area (Å²) in [4.78, 5) is 14.5. The summed E-state index contributed by atoms with van der Waals surface area (Å²) >= 11 is 0. The van der Waals surface area contributed by atoms with E-state index in [0.717, 1.165) is 32.5 Å². The van der Waals surface area contributed by atoms with Crippen LogP contribution in [0, 0.1) is 11.3 Å². The minimum Gasteiger partial charge on any atom is -0.356 e. The van der Waals surface area contributed by atoms with E-state index in [1.165, 1.54) is 6.42 Å². The Hall–Kier alpha value is -0.570. The van der Waals surface area contributed by atoms with Crippen LogP contribution in [0.2, 0.25) is 0 Å². The molecule has 0 aliphatic carbocycles. The number of rotatable bonds is 2. The SMILES string of the molecule is CC(C)C(C)N1CCCC2(CCNC2=O)C1. The molecule has 0 aromatic heterocycles. The van der Waals surface area contributed by atoms with Gasteiger partial charge in [-0.2, -0.15) is 0 Å². The van der Waals surface area contributed by atoms with Gasteiger partial charge in [0, 0.05) is 19.1 Å². The predicted molar refractivity (Wildman–Crippen MR) is 65.2 cm³/mol. The summed E-state index contributed by atoms with van der Waals surface area (Å²) in [5.74, 6) is 0.966. The molecule has 0 radical (unpaired) electrons. The van der Waals surface area contributed by atoms with Gasteiger partial charge in [-0.1, -0.05) is 13.8 Å². The second-order valence-corrected chi connectivity index (χ2v) is 5.84. The van der Waals surface area contributed by atoms with Crippen molar-refractivity contribution in [1.29, 1.82) is 0 Å². The molecule has 3 heteroatoms. The van der Waals surface area contributed by atoms with Gasteiger partial charge in [0.15, 0.2) is 0 Å². The van der Waals surface area contributed by atoms with Crippen LogP contribution in [0.5, 0.6) is 0 Å². The highest BCUT2D eigenvalue weighted by Gasteiger charge is 2.45. The Morgan fingerprint density at radius 1 is 1.31 bits per heavy atom. The highest BCUT2D eigenvalue weighted by molar-refractivity contribution is 5.85. The number of nitrogens with zero attached hydrogens (tertiary/aromatic N) is 1. The predicted octanol–water partition coefficient (Wildman–Crippen LogP) is 1.63. The van der Waals surface area contributed by atoms with Gasteiger partial charge in [0.1, 0.15) is 0 Å². The van der Waals surface area contributed by atoms with Gasteiger partial charge in [0.05, 0.1) is 5.41 Å². The third-order valence-corrected chi connectivity index (χ3v) is 4.52. The van der Waals surface area contributed by atoms with Gasteiger partial charge in [-0.05, 0) is 38.6 Å². The summed E-state index contributed by atoms with van der Waals surface area (Å²) in [6.07, 6.45) is 3.29. The molecule has 1 N–H and O–H groups in total. The number of piperidine rings is 1. The first-order chi connectivity index (χ1) is 7.55. The van der Waals surface area contributed by atoms with Crippen LogP contribution >= 0.6 is 0 Å². The molecule has 0 saturated carbocycles. The highest BCUT2D eigenvalue weighted by atomic mass is 16.2. The molecule has 16 heavy (non-hydrogen) atoms. The van der Waals surface area contributed by atoms with Gasteiger partial charge in [0.25, 0.3) is 0 Å². The Bertz CT molecular complexity index is 277. The zero-order valence-corrected chi connectivity index (χ0v) is 10.8. The monoisotopic (exact) mass is 224 g/mol. The molecule has 0 aromatic carbocycles. The van der Waals surface area contributed by atoms with E-state index in [0.29, 0.717) is 17.9 Å². The number of likely N-dealkylation sites (tertiary alicyclic amines) is 1. The van der Waals surface area contributed by atoms with Gasteiger partial charge in [0.2, 0.25) is 5.91 Å². The van der Waals surface area contributed by atoms with Gasteiger partial charge < -0.3 is 5.32 Å². The molecule has 2 saturated heterocycles. The molecule has 1 amide bonds. The van der Waals surface area contributed by atoms with Crippen LogP contribution in [0.15, 0.2) is 0 Å². The number of nitrogens with one attached hydrogen (secondary N) is 1. The molecular weight excluding hydrogens is 200 g/mol. The zero-order valence-electron chi connectivity index (χ0n) is 10.8. The number of hydrogen-bond donors (Lipinski definition) is 1. The summed E-state index contributed by atoms with van der Waals surface area (Å²) in [6, 6.07) is 0.588. The van der Waals surface area contributed by atoms with Crippen molar-refractivity contribution in [2.24, 2.45) is 11.3 Å². The smallest absolute Gasteiger partial charge is 0.227 e. The molecule has 2 rings (SSSR count). The largest absolute Gasteiger partial charge is 0.356 e. The van der Waals surface area contributed by atoms with E-state index in [4.69, 9.17) is 0 Å². The van der Waals surface area contributed by atoms with Crippen molar-refractivity contribution < 1.29 is 4.79 Å². The van der Waals surface area contributed by atoms with E-state index >= 15 is 0 Å². The van der Waals surface area contributed by atoms with Gasteiger partial charge >= 0.3 is 0 Å². The summed E-state index contributed by atoms with van der Waals surface area (Å²) in [5.41, 5.74) is -0.0542. The summed E-state index contributed by atoms with van der Waals surface area (Å²) in [5, 5.41) is 3.00. The van der Waals surface area contributed by atoms with Crippen molar-refractivity contribution in [2.75, 3.05) is 19.6 Å². The van der Waals surface area contributed by atoms with Crippen LogP contribution in [0.3, 0.4) is 0 Å². The van der Waals surface area contributed by atoms with E-state index in [1.807, 2.05) is 0 Å². The lowest BCUT2D eigenvalue weighted by Crippen LogP contribution is -2.51. The lowest BCUT2D eigenvalue weighted by Gasteiger charge is -2.42. The average Bonchev–Trinajstić information content (AvgIpc) is 2.59. The highest BCUT2D eigenvalue weighted by Crippen LogP contribution is 2.37. The molecule has 0 bridgehead atoms. The Kier molecular flexibility index (Phi) is 3.24. The second-order valence-electron chi connectivity index (χ2n) is 5.84.